The minimum Gasteiger partial charge on any atom is -0.465 e. The molecule has 0 saturated carbocycles. The van der Waals surface area contributed by atoms with E-state index < -0.39 is 0 Å². The molecule has 3 aromatic rings. The molecule has 0 saturated heterocycles. The van der Waals surface area contributed by atoms with E-state index in [1.165, 1.54) is 6.07 Å². The SMILES string of the molecule is Cc1ccc(CNCc2ccc(F)c(-c3cccs3)c2)o1. The molecule has 3 rings (SSSR count). The number of halogens is 1. The first-order valence-corrected chi connectivity index (χ1v) is 7.68. The Labute approximate surface area is 127 Å². The summed E-state index contributed by atoms with van der Waals surface area (Å²) in [6, 6.07) is 13.0. The Kier molecular flexibility index (Phi) is 4.18. The zero-order chi connectivity index (χ0) is 14.7. The molecule has 0 unspecified atom stereocenters. The van der Waals surface area contributed by atoms with Crippen LogP contribution < -0.4 is 5.32 Å². The lowest BCUT2D eigenvalue weighted by atomic mass is 10.1. The third-order valence-electron chi connectivity index (χ3n) is 3.24. The second-order valence-corrected chi connectivity index (χ2v) is 5.86. The smallest absolute Gasteiger partial charge is 0.131 e. The van der Waals surface area contributed by atoms with E-state index in [9.17, 15) is 4.39 Å². The molecule has 2 aromatic heterocycles. The van der Waals surface area contributed by atoms with Crippen LogP contribution in [0, 0.1) is 12.7 Å². The molecule has 108 valence electrons. The van der Waals surface area contributed by atoms with Crippen LogP contribution in [0.15, 0.2) is 52.3 Å². The fraction of sp³-hybridized carbons (Fsp3) is 0.176. The van der Waals surface area contributed by atoms with Crippen molar-refractivity contribution in [3.63, 3.8) is 0 Å². The Morgan fingerprint density at radius 2 is 2.05 bits per heavy atom. The van der Waals surface area contributed by atoms with Crippen LogP contribution in [0.3, 0.4) is 0 Å². The van der Waals surface area contributed by atoms with E-state index in [0.717, 1.165) is 22.0 Å². The number of hydrogen-bond donors (Lipinski definition) is 1. The Morgan fingerprint density at radius 1 is 1.14 bits per heavy atom. The van der Waals surface area contributed by atoms with Gasteiger partial charge in [0, 0.05) is 17.0 Å². The Bertz CT molecular complexity index is 718. The summed E-state index contributed by atoms with van der Waals surface area (Å²) in [6.45, 7) is 3.27. The zero-order valence-electron chi connectivity index (χ0n) is 11.7. The molecule has 0 aliphatic rings. The van der Waals surface area contributed by atoms with Crippen molar-refractivity contribution >= 4 is 11.3 Å². The standard InChI is InChI=1S/C17H16FNOS/c1-12-4-6-14(20-12)11-19-10-13-5-7-16(18)15(9-13)17-3-2-8-21-17/h2-9,19H,10-11H2,1H3. The largest absolute Gasteiger partial charge is 0.465 e. The van der Waals surface area contributed by atoms with Crippen molar-refractivity contribution in [3.8, 4) is 10.4 Å². The lowest BCUT2D eigenvalue weighted by Crippen LogP contribution is -2.12. The van der Waals surface area contributed by atoms with Crippen LogP contribution in [0.1, 0.15) is 17.1 Å². The molecule has 2 nitrogen and oxygen atoms in total. The molecule has 1 N–H and O–H groups in total. The summed E-state index contributed by atoms with van der Waals surface area (Å²) in [6.07, 6.45) is 0. The Balaban J connectivity index is 1.67. The van der Waals surface area contributed by atoms with Gasteiger partial charge in [-0.2, -0.15) is 0 Å². The molecule has 0 amide bonds. The van der Waals surface area contributed by atoms with Gasteiger partial charge in [0.1, 0.15) is 17.3 Å². The molecule has 0 aliphatic heterocycles. The Hall–Kier alpha value is -1.91. The molecule has 0 aliphatic carbocycles. The third kappa shape index (κ3) is 3.40. The summed E-state index contributed by atoms with van der Waals surface area (Å²) in [5.41, 5.74) is 1.72. The van der Waals surface area contributed by atoms with Crippen LogP contribution in [-0.2, 0) is 13.1 Å². The van der Waals surface area contributed by atoms with E-state index >= 15 is 0 Å². The molecule has 4 heteroatoms. The fourth-order valence-corrected chi connectivity index (χ4v) is 2.96. The topological polar surface area (TPSA) is 25.2 Å². The first-order valence-electron chi connectivity index (χ1n) is 6.81. The van der Waals surface area contributed by atoms with Crippen molar-refractivity contribution in [2.45, 2.75) is 20.0 Å². The number of thiophene rings is 1. The molecule has 0 spiro atoms. The monoisotopic (exact) mass is 301 g/mol. The van der Waals surface area contributed by atoms with Gasteiger partial charge in [-0.05, 0) is 48.2 Å². The predicted molar refractivity (Wildman–Crippen MR) is 83.7 cm³/mol. The normalized spacial score (nSPS) is 11.0. The summed E-state index contributed by atoms with van der Waals surface area (Å²) in [4.78, 5) is 0.955. The van der Waals surface area contributed by atoms with Gasteiger partial charge >= 0.3 is 0 Å². The average Bonchev–Trinajstić information content (AvgIpc) is 3.12. The van der Waals surface area contributed by atoms with Crippen LogP contribution in [0.5, 0.6) is 0 Å². The van der Waals surface area contributed by atoms with Crippen molar-refractivity contribution in [1.82, 2.24) is 5.32 Å². The van der Waals surface area contributed by atoms with Crippen molar-refractivity contribution < 1.29 is 8.81 Å². The first kappa shape index (κ1) is 14.0. The van der Waals surface area contributed by atoms with Crippen LogP contribution in [-0.4, -0.2) is 0 Å². The summed E-state index contributed by atoms with van der Waals surface area (Å²) in [5, 5.41) is 5.27. The van der Waals surface area contributed by atoms with Gasteiger partial charge in [-0.1, -0.05) is 12.1 Å². The number of nitrogens with one attached hydrogen (secondary N) is 1. The number of hydrogen-bond acceptors (Lipinski definition) is 3. The maximum atomic E-state index is 13.9. The highest BCUT2D eigenvalue weighted by Gasteiger charge is 2.07. The minimum atomic E-state index is -0.178. The van der Waals surface area contributed by atoms with E-state index in [2.05, 4.69) is 5.32 Å². The molecular weight excluding hydrogens is 285 g/mol. The van der Waals surface area contributed by atoms with Gasteiger partial charge in [-0.15, -0.1) is 11.3 Å². The summed E-state index contributed by atoms with van der Waals surface area (Å²) in [7, 11) is 0. The average molecular weight is 301 g/mol. The van der Waals surface area contributed by atoms with E-state index in [0.29, 0.717) is 18.7 Å². The van der Waals surface area contributed by atoms with Crippen molar-refractivity contribution in [3.05, 3.63) is 70.7 Å². The number of aryl methyl sites for hydroxylation is 1. The van der Waals surface area contributed by atoms with Crippen molar-refractivity contribution in [2.75, 3.05) is 0 Å². The highest BCUT2D eigenvalue weighted by Crippen LogP contribution is 2.28. The highest BCUT2D eigenvalue weighted by atomic mass is 32.1. The molecular formula is C17H16FNOS. The molecule has 0 radical (unpaired) electrons. The van der Waals surface area contributed by atoms with Gasteiger partial charge in [0.25, 0.3) is 0 Å². The maximum absolute atomic E-state index is 13.9. The summed E-state index contributed by atoms with van der Waals surface area (Å²) < 4.78 is 19.4. The summed E-state index contributed by atoms with van der Waals surface area (Å²) in [5.74, 6) is 1.64. The Morgan fingerprint density at radius 3 is 2.76 bits per heavy atom. The number of rotatable bonds is 5. The van der Waals surface area contributed by atoms with Crippen LogP contribution in [0.2, 0.25) is 0 Å². The van der Waals surface area contributed by atoms with Gasteiger partial charge < -0.3 is 9.73 Å². The molecule has 0 fully saturated rings. The van der Waals surface area contributed by atoms with Gasteiger partial charge in [0.05, 0.1) is 6.54 Å². The van der Waals surface area contributed by atoms with E-state index in [1.54, 1.807) is 11.3 Å². The van der Waals surface area contributed by atoms with Crippen LogP contribution in [0.25, 0.3) is 10.4 Å². The van der Waals surface area contributed by atoms with Gasteiger partial charge in [-0.25, -0.2) is 4.39 Å². The van der Waals surface area contributed by atoms with Crippen LogP contribution >= 0.6 is 11.3 Å². The maximum Gasteiger partial charge on any atom is 0.131 e. The second-order valence-electron chi connectivity index (χ2n) is 4.91. The predicted octanol–water partition coefficient (Wildman–Crippen LogP) is 4.75. The third-order valence-corrected chi connectivity index (χ3v) is 4.14. The van der Waals surface area contributed by atoms with Gasteiger partial charge in [-0.3, -0.25) is 0 Å². The van der Waals surface area contributed by atoms with Crippen molar-refractivity contribution in [1.29, 1.82) is 0 Å². The lowest BCUT2D eigenvalue weighted by molar-refractivity contribution is 0.461. The molecule has 2 heterocycles. The van der Waals surface area contributed by atoms with E-state index in [-0.39, 0.29) is 5.82 Å². The van der Waals surface area contributed by atoms with Gasteiger partial charge in [0.2, 0.25) is 0 Å². The van der Waals surface area contributed by atoms with Gasteiger partial charge in [0.15, 0.2) is 0 Å². The van der Waals surface area contributed by atoms with E-state index in [4.69, 9.17) is 4.42 Å². The highest BCUT2D eigenvalue weighted by molar-refractivity contribution is 7.13. The van der Waals surface area contributed by atoms with E-state index in [1.807, 2.05) is 48.7 Å². The first-order chi connectivity index (χ1) is 10.2. The molecule has 0 bridgehead atoms. The number of benzene rings is 1. The van der Waals surface area contributed by atoms with Crippen molar-refractivity contribution in [2.24, 2.45) is 0 Å². The molecule has 21 heavy (non-hydrogen) atoms. The zero-order valence-corrected chi connectivity index (χ0v) is 12.5. The lowest BCUT2D eigenvalue weighted by Gasteiger charge is -2.06. The number of furan rings is 1. The molecule has 1 aromatic carbocycles. The minimum absolute atomic E-state index is 0.178. The summed E-state index contributed by atoms with van der Waals surface area (Å²) >= 11 is 1.55. The second kappa shape index (κ2) is 6.24. The fourth-order valence-electron chi connectivity index (χ4n) is 2.21. The molecule has 0 atom stereocenters. The quantitative estimate of drug-likeness (QED) is 0.736. The van der Waals surface area contributed by atoms with Crippen LogP contribution in [0.4, 0.5) is 4.39 Å².